The maximum atomic E-state index is 12.6. The Bertz CT molecular complexity index is 741. The molecule has 1 atom stereocenters. The van der Waals surface area contributed by atoms with Gasteiger partial charge < -0.3 is 4.90 Å². The number of hydrogen-bond acceptors (Lipinski definition) is 4. The van der Waals surface area contributed by atoms with Gasteiger partial charge in [0.2, 0.25) is 11.7 Å². The molecule has 2 aromatic rings. The molecule has 25 heavy (non-hydrogen) atoms. The molecule has 0 radical (unpaired) electrons. The third-order valence-corrected chi connectivity index (χ3v) is 4.21. The van der Waals surface area contributed by atoms with E-state index >= 15 is 0 Å². The number of carbonyl (C=O) groups is 1. The minimum atomic E-state index is -4.39. The second-order valence-corrected chi connectivity index (χ2v) is 6.31. The molecule has 1 aliphatic heterocycles. The Morgan fingerprint density at radius 2 is 2.00 bits per heavy atom. The van der Waals surface area contributed by atoms with Gasteiger partial charge in [-0.25, -0.2) is 0 Å². The van der Waals surface area contributed by atoms with Crippen molar-refractivity contribution >= 4 is 5.91 Å². The zero-order valence-electron chi connectivity index (χ0n) is 13.7. The zero-order valence-corrected chi connectivity index (χ0v) is 13.7. The molecule has 134 valence electrons. The van der Waals surface area contributed by atoms with Gasteiger partial charge in [-0.1, -0.05) is 19.1 Å². The van der Waals surface area contributed by atoms with Crippen LogP contribution in [0.25, 0.3) is 11.4 Å². The summed E-state index contributed by atoms with van der Waals surface area (Å²) in [6.07, 6.45) is -2.29. The van der Waals surface area contributed by atoms with Crippen molar-refractivity contribution in [2.75, 3.05) is 13.1 Å². The Morgan fingerprint density at radius 3 is 2.64 bits per heavy atom. The van der Waals surface area contributed by atoms with Gasteiger partial charge in [-0.15, -0.1) is 10.2 Å². The van der Waals surface area contributed by atoms with E-state index in [0.717, 1.165) is 38.1 Å². The molecule has 6 nitrogen and oxygen atoms in total. The smallest absolute Gasteiger partial charge is 0.341 e. The molecule has 0 spiro atoms. The molecule has 1 aromatic heterocycles. The fourth-order valence-electron chi connectivity index (χ4n) is 2.87. The van der Waals surface area contributed by atoms with Crippen LogP contribution in [-0.4, -0.2) is 44.1 Å². The summed E-state index contributed by atoms with van der Waals surface area (Å²) in [6, 6.07) is 4.52. The maximum Gasteiger partial charge on any atom is 0.416 e. The highest BCUT2D eigenvalue weighted by atomic mass is 19.4. The first kappa shape index (κ1) is 17.4. The van der Waals surface area contributed by atoms with E-state index in [0.29, 0.717) is 11.5 Å². The number of halogens is 3. The van der Waals surface area contributed by atoms with E-state index in [1.54, 1.807) is 4.90 Å². The molecular formula is C16H18F3N5O. The monoisotopic (exact) mass is 353 g/mol. The second-order valence-electron chi connectivity index (χ2n) is 6.31. The topological polar surface area (TPSA) is 63.9 Å². The van der Waals surface area contributed by atoms with Crippen LogP contribution in [0.5, 0.6) is 0 Å². The van der Waals surface area contributed by atoms with Crippen molar-refractivity contribution in [3.63, 3.8) is 0 Å². The SMILES string of the molecule is CC1CCCN(C(=O)Cn2nnc(-c3ccc(C(F)(F)F)cc3)n2)C1. The summed E-state index contributed by atoms with van der Waals surface area (Å²) >= 11 is 0. The van der Waals surface area contributed by atoms with Crippen molar-refractivity contribution in [2.24, 2.45) is 5.92 Å². The lowest BCUT2D eigenvalue weighted by Gasteiger charge is -2.30. The van der Waals surface area contributed by atoms with Crippen LogP contribution in [-0.2, 0) is 17.5 Å². The highest BCUT2D eigenvalue weighted by molar-refractivity contribution is 5.75. The van der Waals surface area contributed by atoms with Gasteiger partial charge in [-0.2, -0.15) is 18.0 Å². The van der Waals surface area contributed by atoms with Gasteiger partial charge in [0.05, 0.1) is 5.56 Å². The minimum absolute atomic E-state index is 0.0274. The first-order valence-electron chi connectivity index (χ1n) is 8.06. The number of benzene rings is 1. The number of piperidine rings is 1. The van der Waals surface area contributed by atoms with Crippen molar-refractivity contribution < 1.29 is 18.0 Å². The van der Waals surface area contributed by atoms with Crippen molar-refractivity contribution in [1.29, 1.82) is 0 Å². The van der Waals surface area contributed by atoms with Gasteiger partial charge >= 0.3 is 6.18 Å². The Balaban J connectivity index is 1.67. The number of hydrogen-bond donors (Lipinski definition) is 0. The van der Waals surface area contributed by atoms with Crippen LogP contribution in [0.2, 0.25) is 0 Å². The standard InChI is InChI=1S/C16H18F3N5O/c1-11-3-2-8-23(9-11)14(25)10-24-21-15(20-22-24)12-4-6-13(7-5-12)16(17,18)19/h4-7,11H,2-3,8-10H2,1H3. The normalized spacial score (nSPS) is 18.4. The molecule has 2 heterocycles. The fraction of sp³-hybridized carbons (Fsp3) is 0.500. The van der Waals surface area contributed by atoms with E-state index in [1.807, 2.05) is 0 Å². The number of alkyl halides is 3. The molecule has 3 rings (SSSR count). The van der Waals surface area contributed by atoms with Gasteiger partial charge in [0.25, 0.3) is 0 Å². The van der Waals surface area contributed by atoms with Gasteiger partial charge in [0, 0.05) is 18.7 Å². The van der Waals surface area contributed by atoms with Crippen LogP contribution in [0.3, 0.4) is 0 Å². The highest BCUT2D eigenvalue weighted by Gasteiger charge is 2.30. The van der Waals surface area contributed by atoms with E-state index in [-0.39, 0.29) is 18.3 Å². The number of aromatic nitrogens is 4. The number of rotatable bonds is 3. The third-order valence-electron chi connectivity index (χ3n) is 4.21. The molecule has 1 fully saturated rings. The first-order valence-corrected chi connectivity index (χ1v) is 8.06. The molecule has 1 saturated heterocycles. The average Bonchev–Trinajstić information content (AvgIpc) is 3.02. The Hall–Kier alpha value is -2.45. The van der Waals surface area contributed by atoms with Gasteiger partial charge in [0.1, 0.15) is 6.54 Å². The Kier molecular flexibility index (Phi) is 4.73. The Labute approximate surface area is 142 Å². The summed E-state index contributed by atoms with van der Waals surface area (Å²) in [5.41, 5.74) is -0.323. The minimum Gasteiger partial charge on any atom is -0.341 e. The largest absolute Gasteiger partial charge is 0.416 e. The van der Waals surface area contributed by atoms with Crippen LogP contribution >= 0.6 is 0 Å². The summed E-state index contributed by atoms with van der Waals surface area (Å²) in [5.74, 6) is 0.584. The maximum absolute atomic E-state index is 12.6. The molecule has 1 aliphatic rings. The number of amides is 1. The lowest BCUT2D eigenvalue weighted by molar-refractivity contribution is -0.137. The van der Waals surface area contributed by atoms with E-state index in [2.05, 4.69) is 22.3 Å². The van der Waals surface area contributed by atoms with Crippen LogP contribution in [0, 0.1) is 5.92 Å². The van der Waals surface area contributed by atoms with Crippen molar-refractivity contribution in [2.45, 2.75) is 32.5 Å². The predicted octanol–water partition coefficient (Wildman–Crippen LogP) is 2.62. The molecule has 9 heteroatoms. The molecular weight excluding hydrogens is 335 g/mol. The van der Waals surface area contributed by atoms with Crippen LogP contribution < -0.4 is 0 Å². The third kappa shape index (κ3) is 4.15. The number of nitrogens with zero attached hydrogens (tertiary/aromatic N) is 5. The molecule has 1 amide bonds. The lowest BCUT2D eigenvalue weighted by atomic mass is 10.0. The first-order chi connectivity index (χ1) is 11.8. The van der Waals surface area contributed by atoms with Crippen LogP contribution in [0.4, 0.5) is 13.2 Å². The number of carbonyl (C=O) groups excluding carboxylic acids is 1. The van der Waals surface area contributed by atoms with Gasteiger partial charge in [-0.3, -0.25) is 4.79 Å². The molecule has 1 unspecified atom stereocenters. The molecule has 1 aromatic carbocycles. The van der Waals surface area contributed by atoms with E-state index < -0.39 is 11.7 Å². The summed E-state index contributed by atoms with van der Waals surface area (Å²) in [6.45, 7) is 3.53. The summed E-state index contributed by atoms with van der Waals surface area (Å²) < 4.78 is 37.8. The van der Waals surface area contributed by atoms with E-state index in [1.165, 1.54) is 16.9 Å². The van der Waals surface area contributed by atoms with Crippen LogP contribution in [0.1, 0.15) is 25.3 Å². The fourth-order valence-corrected chi connectivity index (χ4v) is 2.87. The second kappa shape index (κ2) is 6.81. The number of tetrazole rings is 1. The zero-order chi connectivity index (χ0) is 18.0. The molecule has 0 bridgehead atoms. The van der Waals surface area contributed by atoms with E-state index in [4.69, 9.17) is 0 Å². The number of likely N-dealkylation sites (tertiary alicyclic amines) is 1. The molecule has 0 N–H and O–H groups in total. The molecule has 0 saturated carbocycles. The van der Waals surface area contributed by atoms with Gasteiger partial charge in [-0.05, 0) is 36.1 Å². The predicted molar refractivity (Wildman–Crippen MR) is 83.2 cm³/mol. The molecule has 0 aliphatic carbocycles. The summed E-state index contributed by atoms with van der Waals surface area (Å²) in [5, 5.41) is 11.7. The van der Waals surface area contributed by atoms with Crippen molar-refractivity contribution in [1.82, 2.24) is 25.1 Å². The van der Waals surface area contributed by atoms with Crippen molar-refractivity contribution in [3.05, 3.63) is 29.8 Å². The Morgan fingerprint density at radius 1 is 1.28 bits per heavy atom. The van der Waals surface area contributed by atoms with E-state index in [9.17, 15) is 18.0 Å². The van der Waals surface area contributed by atoms with Gasteiger partial charge in [0.15, 0.2) is 0 Å². The van der Waals surface area contributed by atoms with Crippen molar-refractivity contribution in [3.8, 4) is 11.4 Å². The average molecular weight is 353 g/mol. The van der Waals surface area contributed by atoms with Crippen LogP contribution in [0.15, 0.2) is 24.3 Å². The quantitative estimate of drug-likeness (QED) is 0.851. The summed E-state index contributed by atoms with van der Waals surface area (Å²) in [4.78, 5) is 15.2. The lowest BCUT2D eigenvalue weighted by Crippen LogP contribution is -2.41. The summed E-state index contributed by atoms with van der Waals surface area (Å²) in [7, 11) is 0. The highest BCUT2D eigenvalue weighted by Crippen LogP contribution is 2.30.